The molecule has 1 N–H and O–H groups in total. The lowest BCUT2D eigenvalue weighted by Crippen LogP contribution is -2.29. The van der Waals surface area contributed by atoms with Crippen molar-refractivity contribution >= 4 is 23.2 Å². The lowest BCUT2D eigenvalue weighted by molar-refractivity contribution is -0.142. The van der Waals surface area contributed by atoms with Gasteiger partial charge in [-0.1, -0.05) is 6.92 Å². The first-order chi connectivity index (χ1) is 9.61. The maximum Gasteiger partial charge on any atom is 0.308 e. The Bertz CT molecular complexity index is 535. The lowest BCUT2D eigenvalue weighted by atomic mass is 9.92. The van der Waals surface area contributed by atoms with Crippen molar-refractivity contribution in [3.63, 3.8) is 0 Å². The summed E-state index contributed by atoms with van der Waals surface area (Å²) in [7, 11) is 0. The zero-order chi connectivity index (χ0) is 14.3. The smallest absolute Gasteiger partial charge is 0.308 e. The number of hydrogen-bond acceptors (Lipinski definition) is 3. The molecule has 0 unspecified atom stereocenters. The van der Waals surface area contributed by atoms with Gasteiger partial charge in [0.05, 0.1) is 10.8 Å². The first kappa shape index (κ1) is 13.6. The van der Waals surface area contributed by atoms with Crippen molar-refractivity contribution in [2.45, 2.75) is 26.2 Å². The molecule has 1 aromatic rings. The van der Waals surface area contributed by atoms with Crippen LogP contribution in [-0.4, -0.2) is 35.0 Å². The SMILES string of the molecule is CCc1ccsc1C(=O)N1C[C@H](C(=O)O)[C@@H](C2CC2)C1. The minimum atomic E-state index is -0.751. The van der Waals surface area contributed by atoms with Crippen LogP contribution in [0.1, 0.15) is 35.0 Å². The zero-order valence-corrected chi connectivity index (χ0v) is 12.4. The van der Waals surface area contributed by atoms with Crippen LogP contribution < -0.4 is 0 Å². The third-order valence-corrected chi connectivity index (χ3v) is 5.46. The molecule has 1 aliphatic carbocycles. The second kappa shape index (κ2) is 5.20. The van der Waals surface area contributed by atoms with Gasteiger partial charge >= 0.3 is 5.97 Å². The average Bonchev–Trinajstić information content (AvgIpc) is 3.02. The molecule has 1 saturated carbocycles. The Morgan fingerprint density at radius 1 is 1.40 bits per heavy atom. The van der Waals surface area contributed by atoms with Crippen LogP contribution in [-0.2, 0) is 11.2 Å². The number of aryl methyl sites for hydroxylation is 1. The molecule has 20 heavy (non-hydrogen) atoms. The van der Waals surface area contributed by atoms with Gasteiger partial charge in [-0.2, -0.15) is 0 Å². The fraction of sp³-hybridized carbons (Fsp3) is 0.600. The van der Waals surface area contributed by atoms with E-state index in [1.807, 2.05) is 18.4 Å². The molecule has 108 valence electrons. The van der Waals surface area contributed by atoms with Crippen molar-refractivity contribution in [1.82, 2.24) is 4.90 Å². The summed E-state index contributed by atoms with van der Waals surface area (Å²) in [6, 6.07) is 1.99. The van der Waals surface area contributed by atoms with Gasteiger partial charge in [0.1, 0.15) is 0 Å². The van der Waals surface area contributed by atoms with Gasteiger partial charge in [0.15, 0.2) is 0 Å². The van der Waals surface area contributed by atoms with Crippen LogP contribution in [0.2, 0.25) is 0 Å². The molecule has 5 heteroatoms. The number of aliphatic carboxylic acids is 1. The van der Waals surface area contributed by atoms with Gasteiger partial charge < -0.3 is 10.0 Å². The van der Waals surface area contributed by atoms with Crippen LogP contribution in [0, 0.1) is 17.8 Å². The highest BCUT2D eigenvalue weighted by Gasteiger charge is 2.47. The highest BCUT2D eigenvalue weighted by molar-refractivity contribution is 7.12. The summed E-state index contributed by atoms with van der Waals surface area (Å²) in [5.74, 6) is -0.439. The molecule has 2 atom stereocenters. The molecular formula is C15H19NO3S. The van der Waals surface area contributed by atoms with E-state index in [0.29, 0.717) is 19.0 Å². The number of carboxylic acids is 1. The Hall–Kier alpha value is -1.36. The lowest BCUT2D eigenvalue weighted by Gasteiger charge is -2.16. The number of likely N-dealkylation sites (tertiary alicyclic amines) is 1. The van der Waals surface area contributed by atoms with Gasteiger partial charge in [-0.25, -0.2) is 0 Å². The third-order valence-electron chi connectivity index (χ3n) is 4.52. The largest absolute Gasteiger partial charge is 0.481 e. The number of rotatable bonds is 4. The van der Waals surface area contributed by atoms with Gasteiger partial charge in [0, 0.05) is 13.1 Å². The molecule has 1 saturated heterocycles. The second-order valence-electron chi connectivity index (χ2n) is 5.78. The molecule has 0 aromatic carbocycles. The summed E-state index contributed by atoms with van der Waals surface area (Å²) in [4.78, 5) is 26.5. The number of nitrogens with zero attached hydrogens (tertiary/aromatic N) is 1. The quantitative estimate of drug-likeness (QED) is 0.928. The molecular weight excluding hydrogens is 274 g/mol. The van der Waals surface area contributed by atoms with E-state index in [-0.39, 0.29) is 17.7 Å². The van der Waals surface area contributed by atoms with E-state index in [4.69, 9.17) is 0 Å². The summed E-state index contributed by atoms with van der Waals surface area (Å²) in [5.41, 5.74) is 1.07. The predicted octanol–water partition coefficient (Wildman–Crippen LogP) is 2.49. The maximum atomic E-state index is 12.6. The summed E-state index contributed by atoms with van der Waals surface area (Å²) >= 11 is 1.47. The van der Waals surface area contributed by atoms with Crippen molar-refractivity contribution in [1.29, 1.82) is 0 Å². The van der Waals surface area contributed by atoms with Crippen molar-refractivity contribution in [2.24, 2.45) is 17.8 Å². The Balaban J connectivity index is 1.78. The van der Waals surface area contributed by atoms with Crippen LogP contribution in [0.5, 0.6) is 0 Å². The number of hydrogen-bond donors (Lipinski definition) is 1. The van der Waals surface area contributed by atoms with Gasteiger partial charge in [0.25, 0.3) is 5.91 Å². The first-order valence-electron chi connectivity index (χ1n) is 7.20. The van der Waals surface area contributed by atoms with Gasteiger partial charge in [-0.05, 0) is 48.1 Å². The number of amides is 1. The van der Waals surface area contributed by atoms with E-state index in [1.165, 1.54) is 11.3 Å². The zero-order valence-electron chi connectivity index (χ0n) is 11.5. The van der Waals surface area contributed by atoms with Crippen molar-refractivity contribution in [2.75, 3.05) is 13.1 Å². The monoisotopic (exact) mass is 293 g/mol. The number of thiophene rings is 1. The molecule has 1 aliphatic heterocycles. The molecule has 1 aromatic heterocycles. The van der Waals surface area contributed by atoms with Crippen LogP contribution in [0.4, 0.5) is 0 Å². The molecule has 2 fully saturated rings. The molecule has 2 aliphatic rings. The van der Waals surface area contributed by atoms with Crippen LogP contribution in [0.15, 0.2) is 11.4 Å². The average molecular weight is 293 g/mol. The van der Waals surface area contributed by atoms with Crippen molar-refractivity contribution in [3.05, 3.63) is 21.9 Å². The summed E-state index contributed by atoms with van der Waals surface area (Å²) in [6.45, 7) is 3.02. The molecule has 4 nitrogen and oxygen atoms in total. The Kier molecular flexibility index (Phi) is 3.54. The Morgan fingerprint density at radius 3 is 2.75 bits per heavy atom. The Labute approximate surface area is 122 Å². The normalized spacial score (nSPS) is 25.9. The van der Waals surface area contributed by atoms with E-state index >= 15 is 0 Å². The highest BCUT2D eigenvalue weighted by atomic mass is 32.1. The van der Waals surface area contributed by atoms with E-state index in [9.17, 15) is 14.7 Å². The van der Waals surface area contributed by atoms with Gasteiger partial charge in [-0.15, -0.1) is 11.3 Å². The maximum absolute atomic E-state index is 12.6. The minimum Gasteiger partial charge on any atom is -0.481 e. The van der Waals surface area contributed by atoms with Crippen LogP contribution in [0.25, 0.3) is 0 Å². The number of carbonyl (C=O) groups excluding carboxylic acids is 1. The third kappa shape index (κ3) is 2.35. The van der Waals surface area contributed by atoms with Gasteiger partial charge in [-0.3, -0.25) is 9.59 Å². The van der Waals surface area contributed by atoms with Crippen molar-refractivity contribution < 1.29 is 14.7 Å². The van der Waals surface area contributed by atoms with E-state index in [1.54, 1.807) is 4.90 Å². The Morgan fingerprint density at radius 2 is 2.15 bits per heavy atom. The predicted molar refractivity (Wildman–Crippen MR) is 76.9 cm³/mol. The second-order valence-corrected chi connectivity index (χ2v) is 6.70. The standard InChI is InChI=1S/C15H19NO3S/c1-2-9-5-6-20-13(9)14(17)16-7-11(10-3-4-10)12(8-16)15(18)19/h5-6,10-12H,2-4,7-8H2,1H3,(H,18,19)/t11-,12+/m1/s1. The van der Waals surface area contributed by atoms with E-state index in [2.05, 4.69) is 0 Å². The minimum absolute atomic E-state index is 0.0197. The molecule has 0 radical (unpaired) electrons. The van der Waals surface area contributed by atoms with E-state index < -0.39 is 5.97 Å². The number of carbonyl (C=O) groups is 2. The number of carboxylic acid groups (broad SMARTS) is 1. The molecule has 0 bridgehead atoms. The van der Waals surface area contributed by atoms with Crippen molar-refractivity contribution in [3.8, 4) is 0 Å². The fourth-order valence-electron chi connectivity index (χ4n) is 3.20. The summed E-state index contributed by atoms with van der Waals surface area (Å²) < 4.78 is 0. The topological polar surface area (TPSA) is 57.6 Å². The van der Waals surface area contributed by atoms with Gasteiger partial charge in [0.2, 0.25) is 0 Å². The van der Waals surface area contributed by atoms with Crippen LogP contribution in [0.3, 0.4) is 0 Å². The first-order valence-corrected chi connectivity index (χ1v) is 8.08. The molecule has 2 heterocycles. The summed E-state index contributed by atoms with van der Waals surface area (Å²) in [6.07, 6.45) is 3.08. The fourth-order valence-corrected chi connectivity index (χ4v) is 4.17. The van der Waals surface area contributed by atoms with Crippen LogP contribution >= 0.6 is 11.3 Å². The molecule has 0 spiro atoms. The molecule has 3 rings (SSSR count). The molecule has 1 amide bonds. The highest BCUT2D eigenvalue weighted by Crippen LogP contribution is 2.44. The summed E-state index contributed by atoms with van der Waals surface area (Å²) in [5, 5.41) is 11.3. The van der Waals surface area contributed by atoms with E-state index in [0.717, 1.165) is 29.7 Å².